The van der Waals surface area contributed by atoms with Crippen LogP contribution in [-0.2, 0) is 4.79 Å². The van der Waals surface area contributed by atoms with Crippen molar-refractivity contribution in [2.24, 2.45) is 5.73 Å². The predicted octanol–water partition coefficient (Wildman–Crippen LogP) is 0.969. The van der Waals surface area contributed by atoms with Gasteiger partial charge < -0.3 is 16.2 Å². The summed E-state index contributed by atoms with van der Waals surface area (Å²) in [6.45, 7) is 1.56. The molecule has 0 bridgehead atoms. The largest absolute Gasteiger partial charge is 0.481 e. The molecule has 0 fully saturated rings. The van der Waals surface area contributed by atoms with Crippen LogP contribution < -0.4 is 11.1 Å². The Hall–Kier alpha value is -2.64. The first kappa shape index (κ1) is 14.4. The normalized spacial score (nSPS) is 11.6. The third-order valence-electron chi connectivity index (χ3n) is 2.36. The number of benzene rings is 1. The van der Waals surface area contributed by atoms with Crippen LogP contribution in [0.2, 0.25) is 0 Å². The van der Waals surface area contributed by atoms with Crippen molar-refractivity contribution in [2.45, 2.75) is 19.4 Å². The highest BCUT2D eigenvalue weighted by Crippen LogP contribution is 2.26. The topological polar surface area (TPSA) is 136 Å². The number of anilines is 1. The number of aliphatic carboxylic acids is 1. The van der Waals surface area contributed by atoms with Crippen molar-refractivity contribution in [3.05, 3.63) is 33.9 Å². The number of rotatable bonds is 6. The Bertz CT molecular complexity index is 529. The number of primary amides is 1. The van der Waals surface area contributed by atoms with E-state index in [2.05, 4.69) is 5.32 Å². The minimum atomic E-state index is -1.03. The van der Waals surface area contributed by atoms with Crippen LogP contribution in [0.4, 0.5) is 11.4 Å². The summed E-state index contributed by atoms with van der Waals surface area (Å²) in [7, 11) is 0. The summed E-state index contributed by atoms with van der Waals surface area (Å²) in [6, 6.07) is 3.10. The van der Waals surface area contributed by atoms with Gasteiger partial charge in [-0.2, -0.15) is 0 Å². The van der Waals surface area contributed by atoms with Crippen molar-refractivity contribution in [1.82, 2.24) is 0 Å². The Balaban J connectivity index is 3.07. The molecule has 1 amide bonds. The fourth-order valence-corrected chi connectivity index (χ4v) is 1.54. The number of carbonyl (C=O) groups is 2. The molecule has 8 nitrogen and oxygen atoms in total. The molecule has 1 atom stereocenters. The van der Waals surface area contributed by atoms with Gasteiger partial charge in [-0.05, 0) is 19.1 Å². The van der Waals surface area contributed by atoms with Crippen molar-refractivity contribution in [3.8, 4) is 0 Å². The summed E-state index contributed by atoms with van der Waals surface area (Å²) in [5, 5.41) is 22.2. The number of carboxylic acids is 1. The average molecular weight is 267 g/mol. The van der Waals surface area contributed by atoms with Gasteiger partial charge in [0.1, 0.15) is 5.69 Å². The number of carboxylic acid groups (broad SMARTS) is 1. The summed E-state index contributed by atoms with van der Waals surface area (Å²) in [5.41, 5.74) is 5.01. The molecule has 8 heteroatoms. The third kappa shape index (κ3) is 3.95. The smallest absolute Gasteiger partial charge is 0.305 e. The third-order valence-corrected chi connectivity index (χ3v) is 2.36. The van der Waals surface area contributed by atoms with Crippen LogP contribution in [0.25, 0.3) is 0 Å². The second kappa shape index (κ2) is 5.80. The summed E-state index contributed by atoms with van der Waals surface area (Å²) in [4.78, 5) is 31.8. The number of hydrogen-bond acceptors (Lipinski definition) is 5. The molecule has 0 aromatic heterocycles. The monoisotopic (exact) mass is 267 g/mol. The van der Waals surface area contributed by atoms with Gasteiger partial charge in [-0.15, -0.1) is 0 Å². The van der Waals surface area contributed by atoms with Crippen molar-refractivity contribution in [2.75, 3.05) is 5.32 Å². The van der Waals surface area contributed by atoms with Crippen LogP contribution in [0.5, 0.6) is 0 Å². The average Bonchev–Trinajstić information content (AvgIpc) is 2.26. The van der Waals surface area contributed by atoms with E-state index in [1.807, 2.05) is 0 Å². The molecule has 1 aromatic carbocycles. The molecule has 0 radical (unpaired) electrons. The van der Waals surface area contributed by atoms with Gasteiger partial charge in [0.15, 0.2) is 0 Å². The molecular formula is C11H13N3O5. The van der Waals surface area contributed by atoms with E-state index >= 15 is 0 Å². The maximum absolute atomic E-state index is 11.0. The molecule has 1 aromatic rings. The molecule has 0 saturated heterocycles. The van der Waals surface area contributed by atoms with E-state index in [1.165, 1.54) is 12.1 Å². The number of carbonyl (C=O) groups excluding carboxylic acids is 1. The number of nitrogens with two attached hydrogens (primary N) is 1. The first-order chi connectivity index (χ1) is 8.81. The second-order valence-corrected chi connectivity index (χ2v) is 4.00. The van der Waals surface area contributed by atoms with Crippen LogP contribution in [0.3, 0.4) is 0 Å². The molecule has 1 unspecified atom stereocenters. The van der Waals surface area contributed by atoms with Crippen molar-refractivity contribution < 1.29 is 19.6 Å². The lowest BCUT2D eigenvalue weighted by Gasteiger charge is -2.13. The van der Waals surface area contributed by atoms with Crippen LogP contribution in [0, 0.1) is 10.1 Å². The van der Waals surface area contributed by atoms with Crippen LogP contribution in [0.1, 0.15) is 23.7 Å². The number of hydrogen-bond donors (Lipinski definition) is 3. The molecule has 0 saturated carbocycles. The second-order valence-electron chi connectivity index (χ2n) is 4.00. The Morgan fingerprint density at radius 3 is 2.63 bits per heavy atom. The lowest BCUT2D eigenvalue weighted by Crippen LogP contribution is -2.20. The van der Waals surface area contributed by atoms with Gasteiger partial charge in [0.2, 0.25) is 5.91 Å². The quantitative estimate of drug-likeness (QED) is 0.519. The zero-order chi connectivity index (χ0) is 14.6. The molecule has 0 aliphatic heterocycles. The highest BCUT2D eigenvalue weighted by atomic mass is 16.6. The standard InChI is InChI=1S/C11H13N3O5/c1-6(4-10(15)16)13-8-5-7(11(12)17)2-3-9(8)14(18)19/h2-3,5-6,13H,4H2,1H3,(H2,12,17)(H,15,16). The zero-order valence-corrected chi connectivity index (χ0v) is 10.1. The fraction of sp³-hybridized carbons (Fsp3) is 0.273. The Kier molecular flexibility index (Phi) is 4.41. The van der Waals surface area contributed by atoms with Crippen LogP contribution in [0.15, 0.2) is 18.2 Å². The molecule has 0 spiro atoms. The minimum absolute atomic E-state index is 0.0649. The number of nitrogens with one attached hydrogen (secondary N) is 1. The lowest BCUT2D eigenvalue weighted by molar-refractivity contribution is -0.384. The van der Waals surface area contributed by atoms with Gasteiger partial charge in [0.05, 0.1) is 11.3 Å². The molecule has 0 aliphatic rings. The van der Waals surface area contributed by atoms with E-state index in [4.69, 9.17) is 10.8 Å². The number of nitrogens with zero attached hydrogens (tertiary/aromatic N) is 1. The maximum atomic E-state index is 11.0. The summed E-state index contributed by atoms with van der Waals surface area (Å²) in [5.74, 6) is -1.75. The van der Waals surface area contributed by atoms with E-state index in [0.717, 1.165) is 6.07 Å². The van der Waals surface area contributed by atoms with Gasteiger partial charge >= 0.3 is 5.97 Å². The minimum Gasteiger partial charge on any atom is -0.481 e. The molecule has 4 N–H and O–H groups in total. The van der Waals surface area contributed by atoms with Crippen molar-refractivity contribution in [1.29, 1.82) is 0 Å². The lowest BCUT2D eigenvalue weighted by atomic mass is 10.1. The van der Waals surface area contributed by atoms with Crippen LogP contribution in [-0.4, -0.2) is 27.9 Å². The van der Waals surface area contributed by atoms with E-state index in [-0.39, 0.29) is 23.4 Å². The summed E-state index contributed by atoms with van der Waals surface area (Å²) in [6.07, 6.45) is -0.210. The van der Waals surface area contributed by atoms with E-state index < -0.39 is 22.8 Å². The molecule has 0 heterocycles. The first-order valence-electron chi connectivity index (χ1n) is 5.38. The van der Waals surface area contributed by atoms with Crippen molar-refractivity contribution >= 4 is 23.3 Å². The van der Waals surface area contributed by atoms with E-state index in [0.29, 0.717) is 0 Å². The number of nitro groups is 1. The van der Waals surface area contributed by atoms with Gasteiger partial charge in [0.25, 0.3) is 5.69 Å². The molecule has 19 heavy (non-hydrogen) atoms. The molecule has 0 aliphatic carbocycles. The number of amides is 1. The zero-order valence-electron chi connectivity index (χ0n) is 10.1. The maximum Gasteiger partial charge on any atom is 0.305 e. The Morgan fingerprint density at radius 1 is 1.53 bits per heavy atom. The van der Waals surface area contributed by atoms with E-state index in [1.54, 1.807) is 6.92 Å². The van der Waals surface area contributed by atoms with Crippen molar-refractivity contribution in [3.63, 3.8) is 0 Å². The molecule has 1 rings (SSSR count). The van der Waals surface area contributed by atoms with Gasteiger partial charge in [-0.3, -0.25) is 19.7 Å². The van der Waals surface area contributed by atoms with E-state index in [9.17, 15) is 19.7 Å². The fourth-order valence-electron chi connectivity index (χ4n) is 1.54. The first-order valence-corrected chi connectivity index (χ1v) is 5.38. The highest BCUT2D eigenvalue weighted by molar-refractivity contribution is 5.94. The van der Waals surface area contributed by atoms with Crippen LogP contribution >= 0.6 is 0 Å². The summed E-state index contributed by atoms with van der Waals surface area (Å²) < 4.78 is 0. The molecule has 102 valence electrons. The Morgan fingerprint density at radius 2 is 2.16 bits per heavy atom. The molecular weight excluding hydrogens is 254 g/mol. The number of nitro benzene ring substituents is 1. The SMILES string of the molecule is CC(CC(=O)O)Nc1cc(C(N)=O)ccc1[N+](=O)[O-]. The predicted molar refractivity (Wildman–Crippen MR) is 67.0 cm³/mol. The highest BCUT2D eigenvalue weighted by Gasteiger charge is 2.18. The van der Waals surface area contributed by atoms with Gasteiger partial charge in [-0.25, -0.2) is 0 Å². The van der Waals surface area contributed by atoms with Gasteiger partial charge in [-0.1, -0.05) is 0 Å². The van der Waals surface area contributed by atoms with Gasteiger partial charge in [0, 0.05) is 17.7 Å². The summed E-state index contributed by atoms with van der Waals surface area (Å²) >= 11 is 0. The Labute approximate surface area is 108 Å².